The SMILES string of the molecule is CCCC1(O)CN(C(=O)C2CC=CC2)C1. The quantitative estimate of drug-likeness (QED) is 0.712. The Hall–Kier alpha value is -0.830. The summed E-state index contributed by atoms with van der Waals surface area (Å²) in [6.45, 7) is 3.13. The smallest absolute Gasteiger partial charge is 0.226 e. The van der Waals surface area contributed by atoms with Gasteiger partial charge in [0.2, 0.25) is 5.91 Å². The first kappa shape index (κ1) is 10.7. The molecule has 0 atom stereocenters. The van der Waals surface area contributed by atoms with Gasteiger partial charge in [-0.3, -0.25) is 4.79 Å². The predicted molar refractivity (Wildman–Crippen MR) is 58.3 cm³/mol. The van der Waals surface area contributed by atoms with Crippen LogP contribution in [0, 0.1) is 5.92 Å². The van der Waals surface area contributed by atoms with Crippen molar-refractivity contribution >= 4 is 5.91 Å². The zero-order chi connectivity index (χ0) is 10.9. The highest BCUT2D eigenvalue weighted by molar-refractivity contribution is 5.80. The molecular formula is C12H19NO2. The van der Waals surface area contributed by atoms with E-state index in [1.807, 2.05) is 0 Å². The predicted octanol–water partition coefficient (Wildman–Crippen LogP) is 1.33. The van der Waals surface area contributed by atoms with E-state index in [9.17, 15) is 9.90 Å². The van der Waals surface area contributed by atoms with Crippen molar-refractivity contribution < 1.29 is 9.90 Å². The number of hydrogen-bond acceptors (Lipinski definition) is 2. The molecule has 0 aromatic rings. The molecule has 0 spiro atoms. The summed E-state index contributed by atoms with van der Waals surface area (Å²) < 4.78 is 0. The lowest BCUT2D eigenvalue weighted by atomic mass is 9.88. The Morgan fingerprint density at radius 2 is 2.07 bits per heavy atom. The van der Waals surface area contributed by atoms with Crippen LogP contribution in [0.25, 0.3) is 0 Å². The van der Waals surface area contributed by atoms with Crippen LogP contribution in [0.1, 0.15) is 32.6 Å². The molecule has 2 aliphatic rings. The third kappa shape index (κ3) is 2.07. The summed E-state index contributed by atoms with van der Waals surface area (Å²) in [6, 6.07) is 0. The third-order valence-corrected chi connectivity index (χ3v) is 3.35. The fourth-order valence-corrected chi connectivity index (χ4v) is 2.52. The van der Waals surface area contributed by atoms with Crippen LogP contribution in [0.2, 0.25) is 0 Å². The number of aliphatic hydroxyl groups is 1. The Kier molecular flexibility index (Phi) is 2.83. The summed E-state index contributed by atoms with van der Waals surface area (Å²) >= 11 is 0. The molecule has 0 aromatic carbocycles. The Morgan fingerprint density at radius 1 is 1.47 bits per heavy atom. The maximum absolute atomic E-state index is 11.9. The highest BCUT2D eigenvalue weighted by atomic mass is 16.3. The molecule has 0 bridgehead atoms. The monoisotopic (exact) mass is 209 g/mol. The van der Waals surface area contributed by atoms with Gasteiger partial charge in [0, 0.05) is 5.92 Å². The zero-order valence-electron chi connectivity index (χ0n) is 9.28. The number of carbonyl (C=O) groups is 1. The molecule has 1 aliphatic carbocycles. The van der Waals surface area contributed by atoms with Crippen LogP contribution < -0.4 is 0 Å². The number of carbonyl (C=O) groups excluding carboxylic acids is 1. The molecule has 1 amide bonds. The first-order valence-corrected chi connectivity index (χ1v) is 5.81. The highest BCUT2D eigenvalue weighted by Crippen LogP contribution is 2.29. The van der Waals surface area contributed by atoms with E-state index in [0.29, 0.717) is 13.1 Å². The molecule has 0 saturated carbocycles. The number of nitrogens with zero attached hydrogens (tertiary/aromatic N) is 1. The summed E-state index contributed by atoms with van der Waals surface area (Å²) in [5, 5.41) is 9.96. The molecule has 1 saturated heterocycles. The van der Waals surface area contributed by atoms with Crippen LogP contribution in [-0.4, -0.2) is 34.6 Å². The lowest BCUT2D eigenvalue weighted by Crippen LogP contribution is -2.64. The van der Waals surface area contributed by atoms with Gasteiger partial charge in [0.25, 0.3) is 0 Å². The summed E-state index contributed by atoms with van der Waals surface area (Å²) in [5.41, 5.74) is -0.587. The first-order valence-electron chi connectivity index (χ1n) is 5.81. The van der Waals surface area contributed by atoms with Gasteiger partial charge in [-0.2, -0.15) is 0 Å². The number of rotatable bonds is 3. The van der Waals surface area contributed by atoms with Crippen molar-refractivity contribution in [1.29, 1.82) is 0 Å². The highest BCUT2D eigenvalue weighted by Gasteiger charge is 2.44. The molecular weight excluding hydrogens is 190 g/mol. The van der Waals surface area contributed by atoms with Crippen LogP contribution in [0.4, 0.5) is 0 Å². The number of likely N-dealkylation sites (tertiary alicyclic amines) is 1. The van der Waals surface area contributed by atoms with Gasteiger partial charge >= 0.3 is 0 Å². The van der Waals surface area contributed by atoms with Gasteiger partial charge in [0.15, 0.2) is 0 Å². The second-order valence-electron chi connectivity index (χ2n) is 4.81. The fourth-order valence-electron chi connectivity index (χ4n) is 2.52. The van der Waals surface area contributed by atoms with Crippen molar-refractivity contribution in [3.8, 4) is 0 Å². The van der Waals surface area contributed by atoms with Gasteiger partial charge in [0.1, 0.15) is 0 Å². The van der Waals surface area contributed by atoms with Crippen molar-refractivity contribution in [1.82, 2.24) is 4.90 Å². The summed E-state index contributed by atoms with van der Waals surface area (Å²) in [6.07, 6.45) is 7.67. The van der Waals surface area contributed by atoms with Gasteiger partial charge in [-0.25, -0.2) is 0 Å². The van der Waals surface area contributed by atoms with E-state index < -0.39 is 5.60 Å². The van der Waals surface area contributed by atoms with Gasteiger partial charge in [-0.05, 0) is 19.3 Å². The van der Waals surface area contributed by atoms with Gasteiger partial charge in [0.05, 0.1) is 18.7 Å². The minimum absolute atomic E-state index is 0.149. The Balaban J connectivity index is 1.81. The van der Waals surface area contributed by atoms with Crippen LogP contribution >= 0.6 is 0 Å². The van der Waals surface area contributed by atoms with Crippen molar-refractivity contribution in [3.63, 3.8) is 0 Å². The number of hydrogen-bond donors (Lipinski definition) is 1. The van der Waals surface area contributed by atoms with Crippen molar-refractivity contribution in [2.45, 2.75) is 38.2 Å². The van der Waals surface area contributed by atoms with E-state index in [1.54, 1.807) is 4.90 Å². The van der Waals surface area contributed by atoms with Gasteiger partial charge in [-0.1, -0.05) is 25.5 Å². The number of β-amino-alcohol motifs (C(OH)–C–C–N with tert-alkyl or cyclic N) is 1. The minimum atomic E-state index is -0.587. The van der Waals surface area contributed by atoms with E-state index >= 15 is 0 Å². The first-order chi connectivity index (χ1) is 7.14. The molecule has 84 valence electrons. The largest absolute Gasteiger partial charge is 0.386 e. The van der Waals surface area contributed by atoms with Gasteiger partial charge < -0.3 is 10.0 Å². The molecule has 1 N–H and O–H groups in total. The topological polar surface area (TPSA) is 40.5 Å². The normalized spacial score (nSPS) is 24.3. The van der Waals surface area contributed by atoms with Crippen molar-refractivity contribution in [2.75, 3.05) is 13.1 Å². The Labute approximate surface area is 90.8 Å². The third-order valence-electron chi connectivity index (χ3n) is 3.35. The average molecular weight is 209 g/mol. The molecule has 1 aliphatic heterocycles. The lowest BCUT2D eigenvalue weighted by molar-refractivity contribution is -0.160. The van der Waals surface area contributed by atoms with Crippen molar-refractivity contribution in [3.05, 3.63) is 12.2 Å². The minimum Gasteiger partial charge on any atom is -0.386 e. The van der Waals surface area contributed by atoms with Crippen molar-refractivity contribution in [2.24, 2.45) is 5.92 Å². The second kappa shape index (κ2) is 3.97. The Bertz CT molecular complexity index is 271. The maximum Gasteiger partial charge on any atom is 0.226 e. The molecule has 3 heteroatoms. The number of allylic oxidation sites excluding steroid dienone is 2. The average Bonchev–Trinajstić information content (AvgIpc) is 2.66. The van der Waals surface area contributed by atoms with Crippen LogP contribution in [0.3, 0.4) is 0 Å². The van der Waals surface area contributed by atoms with E-state index in [0.717, 1.165) is 25.7 Å². The Morgan fingerprint density at radius 3 is 2.60 bits per heavy atom. The van der Waals surface area contributed by atoms with Crippen LogP contribution in [0.15, 0.2) is 12.2 Å². The van der Waals surface area contributed by atoms with E-state index in [4.69, 9.17) is 0 Å². The summed E-state index contributed by atoms with van der Waals surface area (Å²) in [7, 11) is 0. The van der Waals surface area contributed by atoms with E-state index in [2.05, 4.69) is 19.1 Å². The van der Waals surface area contributed by atoms with Crippen LogP contribution in [-0.2, 0) is 4.79 Å². The zero-order valence-corrected chi connectivity index (χ0v) is 9.28. The molecule has 0 aromatic heterocycles. The molecule has 15 heavy (non-hydrogen) atoms. The summed E-state index contributed by atoms with van der Waals surface area (Å²) in [4.78, 5) is 13.7. The maximum atomic E-state index is 11.9. The lowest BCUT2D eigenvalue weighted by Gasteiger charge is -2.47. The standard InChI is InChI=1S/C12H19NO2/c1-2-7-12(15)8-13(9-12)11(14)10-5-3-4-6-10/h3-4,10,15H,2,5-9H2,1H3. The molecule has 1 heterocycles. The molecule has 0 radical (unpaired) electrons. The molecule has 3 nitrogen and oxygen atoms in total. The molecule has 1 fully saturated rings. The molecule has 2 rings (SSSR count). The number of amides is 1. The van der Waals surface area contributed by atoms with Gasteiger partial charge in [-0.15, -0.1) is 0 Å². The summed E-state index contributed by atoms with van der Waals surface area (Å²) in [5.74, 6) is 0.372. The van der Waals surface area contributed by atoms with Crippen LogP contribution in [0.5, 0.6) is 0 Å². The fraction of sp³-hybridized carbons (Fsp3) is 0.750. The molecule has 0 unspecified atom stereocenters. The second-order valence-corrected chi connectivity index (χ2v) is 4.81. The van der Waals surface area contributed by atoms with E-state index in [-0.39, 0.29) is 11.8 Å². The van der Waals surface area contributed by atoms with E-state index in [1.165, 1.54) is 0 Å².